The molecule has 1 saturated heterocycles. The molecule has 2 rings (SSSR count). The lowest BCUT2D eigenvalue weighted by Crippen LogP contribution is -2.39. The zero-order chi connectivity index (χ0) is 19.6. The summed E-state index contributed by atoms with van der Waals surface area (Å²) >= 11 is 6.03. The Morgan fingerprint density at radius 3 is 2.46 bits per heavy atom. The van der Waals surface area contributed by atoms with Gasteiger partial charge in [0, 0.05) is 23.7 Å². The quantitative estimate of drug-likeness (QED) is 0.781. The normalized spacial score (nSPS) is 14.8. The number of amides is 1. The van der Waals surface area contributed by atoms with Crippen molar-refractivity contribution in [2.75, 3.05) is 24.5 Å². The number of carbonyl (C=O) groups excluding carboxylic acids is 2. The Morgan fingerprint density at radius 2 is 2.00 bits per heavy atom. The Hall–Kier alpha value is -1.59. The molecule has 1 N–H and O–H groups in total. The predicted octanol–water partition coefficient (Wildman–Crippen LogP) is 4.04. The first-order chi connectivity index (χ1) is 12.3. The van der Waals surface area contributed by atoms with Crippen molar-refractivity contribution in [1.29, 1.82) is 0 Å². The highest BCUT2D eigenvalue weighted by atomic mass is 35.5. The van der Waals surface area contributed by atoms with Crippen molar-refractivity contribution in [3.05, 3.63) is 29.3 Å². The highest BCUT2D eigenvalue weighted by Gasteiger charge is 2.21. The van der Waals surface area contributed by atoms with Gasteiger partial charge in [0.25, 0.3) is 6.47 Å². The van der Waals surface area contributed by atoms with Gasteiger partial charge in [-0.1, -0.05) is 24.6 Å². The molecule has 0 saturated carbocycles. The number of nitrogens with one attached hydrogen (secondary N) is 1. The van der Waals surface area contributed by atoms with Gasteiger partial charge in [-0.2, -0.15) is 0 Å². The fourth-order valence-electron chi connectivity index (χ4n) is 2.65. The van der Waals surface area contributed by atoms with Gasteiger partial charge in [-0.05, 0) is 70.8 Å². The van der Waals surface area contributed by atoms with E-state index in [1.165, 1.54) is 0 Å². The SMILES string of the molecule is CC(C)(C)OC=O.CCC(=O)N(CC1CCNCC1)c1cccc(Cl)c1. The maximum absolute atomic E-state index is 12.2. The van der Waals surface area contributed by atoms with E-state index >= 15 is 0 Å². The van der Waals surface area contributed by atoms with Crippen molar-refractivity contribution < 1.29 is 14.3 Å². The van der Waals surface area contributed by atoms with Gasteiger partial charge in [-0.15, -0.1) is 0 Å². The molecule has 5 nitrogen and oxygen atoms in total. The summed E-state index contributed by atoms with van der Waals surface area (Å²) in [4.78, 5) is 23.7. The predicted molar refractivity (Wildman–Crippen MR) is 107 cm³/mol. The van der Waals surface area contributed by atoms with Gasteiger partial charge in [0.15, 0.2) is 0 Å². The van der Waals surface area contributed by atoms with Crippen LogP contribution in [-0.2, 0) is 14.3 Å². The number of halogens is 1. The van der Waals surface area contributed by atoms with Crippen LogP contribution in [-0.4, -0.2) is 37.6 Å². The van der Waals surface area contributed by atoms with Crippen LogP contribution in [0.4, 0.5) is 5.69 Å². The molecule has 0 unspecified atom stereocenters. The van der Waals surface area contributed by atoms with Gasteiger partial charge in [0.1, 0.15) is 5.60 Å². The first-order valence-electron chi connectivity index (χ1n) is 9.15. The molecule has 1 amide bonds. The van der Waals surface area contributed by atoms with Gasteiger partial charge in [0.2, 0.25) is 5.91 Å². The first kappa shape index (κ1) is 22.5. The van der Waals surface area contributed by atoms with Crippen LogP contribution in [0.5, 0.6) is 0 Å². The van der Waals surface area contributed by atoms with Gasteiger partial charge in [-0.25, -0.2) is 0 Å². The minimum atomic E-state index is -0.318. The molecule has 146 valence electrons. The lowest BCUT2D eigenvalue weighted by atomic mass is 9.97. The average Bonchev–Trinajstić information content (AvgIpc) is 2.59. The summed E-state index contributed by atoms with van der Waals surface area (Å²) < 4.78 is 4.55. The number of hydrogen-bond donors (Lipinski definition) is 1. The summed E-state index contributed by atoms with van der Waals surface area (Å²) in [6.07, 6.45) is 2.79. The van der Waals surface area contributed by atoms with E-state index in [1.54, 1.807) is 0 Å². The van der Waals surface area contributed by atoms with Crippen molar-refractivity contribution in [3.8, 4) is 0 Å². The fourth-order valence-corrected chi connectivity index (χ4v) is 2.84. The second-order valence-electron chi connectivity index (χ2n) is 7.36. The van der Waals surface area contributed by atoms with E-state index < -0.39 is 0 Å². The van der Waals surface area contributed by atoms with Gasteiger partial charge >= 0.3 is 0 Å². The van der Waals surface area contributed by atoms with E-state index in [0.29, 0.717) is 23.8 Å². The number of ether oxygens (including phenoxy) is 1. The summed E-state index contributed by atoms with van der Waals surface area (Å²) in [6, 6.07) is 7.57. The molecule has 1 aromatic rings. The van der Waals surface area contributed by atoms with E-state index in [0.717, 1.165) is 38.2 Å². The number of benzene rings is 1. The van der Waals surface area contributed by atoms with Gasteiger partial charge in [-0.3, -0.25) is 9.59 Å². The number of carbonyl (C=O) groups is 2. The highest BCUT2D eigenvalue weighted by molar-refractivity contribution is 6.30. The number of rotatable bonds is 5. The minimum absolute atomic E-state index is 0.167. The molecule has 1 aromatic carbocycles. The average molecular weight is 383 g/mol. The number of nitrogens with zero attached hydrogens (tertiary/aromatic N) is 1. The Kier molecular flexibility index (Phi) is 9.66. The van der Waals surface area contributed by atoms with E-state index in [1.807, 2.05) is 56.9 Å². The highest BCUT2D eigenvalue weighted by Crippen LogP contribution is 2.23. The van der Waals surface area contributed by atoms with E-state index in [2.05, 4.69) is 10.1 Å². The standard InChI is InChI=1S/C15H21ClN2O.C5H10O2/c1-2-15(19)18(11-12-6-8-17-9-7-12)14-5-3-4-13(16)10-14;1-5(2,3)7-4-6/h3-5,10,12,17H,2,6-9,11H2,1H3;4H,1-3H3. The molecule has 6 heteroatoms. The third kappa shape index (κ3) is 8.68. The van der Waals surface area contributed by atoms with Crippen LogP contribution in [0, 0.1) is 5.92 Å². The maximum atomic E-state index is 12.2. The van der Waals surface area contributed by atoms with Gasteiger partial charge < -0.3 is 15.0 Å². The Morgan fingerprint density at radius 1 is 1.35 bits per heavy atom. The molecule has 0 aliphatic carbocycles. The molecular weight excluding hydrogens is 352 g/mol. The molecule has 0 bridgehead atoms. The Bertz CT molecular complexity index is 566. The minimum Gasteiger partial charge on any atom is -0.462 e. The zero-order valence-electron chi connectivity index (χ0n) is 16.3. The smallest absolute Gasteiger partial charge is 0.293 e. The third-order valence-corrected chi connectivity index (χ3v) is 4.26. The van der Waals surface area contributed by atoms with Crippen molar-refractivity contribution >= 4 is 29.7 Å². The number of hydrogen-bond acceptors (Lipinski definition) is 4. The molecule has 0 aromatic heterocycles. The van der Waals surface area contributed by atoms with Crippen LogP contribution in [0.15, 0.2) is 24.3 Å². The van der Waals surface area contributed by atoms with Crippen molar-refractivity contribution in [3.63, 3.8) is 0 Å². The molecule has 1 aliphatic rings. The molecule has 0 atom stereocenters. The summed E-state index contributed by atoms with van der Waals surface area (Å²) in [5.74, 6) is 0.747. The summed E-state index contributed by atoms with van der Waals surface area (Å²) in [7, 11) is 0. The fraction of sp³-hybridized carbons (Fsp3) is 0.600. The summed E-state index contributed by atoms with van der Waals surface area (Å²) in [6.45, 7) is 10.7. The van der Waals surface area contributed by atoms with Crippen LogP contribution < -0.4 is 10.2 Å². The van der Waals surface area contributed by atoms with Crippen LogP contribution in [0.3, 0.4) is 0 Å². The van der Waals surface area contributed by atoms with Crippen LogP contribution in [0.2, 0.25) is 5.02 Å². The topological polar surface area (TPSA) is 58.6 Å². The molecule has 0 radical (unpaired) electrons. The molecular formula is C20H31ClN2O3. The van der Waals surface area contributed by atoms with Crippen LogP contribution >= 0.6 is 11.6 Å². The lowest BCUT2D eigenvalue weighted by molar-refractivity contribution is -0.138. The Balaban J connectivity index is 0.000000412. The number of anilines is 1. The summed E-state index contributed by atoms with van der Waals surface area (Å²) in [5.41, 5.74) is 0.597. The molecule has 1 fully saturated rings. The maximum Gasteiger partial charge on any atom is 0.293 e. The first-order valence-corrected chi connectivity index (χ1v) is 9.52. The largest absolute Gasteiger partial charge is 0.462 e. The zero-order valence-corrected chi connectivity index (χ0v) is 17.0. The molecule has 0 spiro atoms. The van der Waals surface area contributed by atoms with Crippen molar-refractivity contribution in [2.45, 2.75) is 52.6 Å². The second-order valence-corrected chi connectivity index (χ2v) is 7.79. The second kappa shape index (κ2) is 11.2. The monoisotopic (exact) mass is 382 g/mol. The molecule has 1 aliphatic heterocycles. The van der Waals surface area contributed by atoms with E-state index in [4.69, 9.17) is 11.6 Å². The third-order valence-electron chi connectivity index (χ3n) is 4.02. The van der Waals surface area contributed by atoms with E-state index in [-0.39, 0.29) is 11.5 Å². The lowest BCUT2D eigenvalue weighted by Gasteiger charge is -2.30. The van der Waals surface area contributed by atoms with E-state index in [9.17, 15) is 9.59 Å². The number of piperidine rings is 1. The van der Waals surface area contributed by atoms with Crippen molar-refractivity contribution in [2.24, 2.45) is 5.92 Å². The molecule has 26 heavy (non-hydrogen) atoms. The van der Waals surface area contributed by atoms with Gasteiger partial charge in [0.05, 0.1) is 0 Å². The Labute approximate surface area is 162 Å². The van der Waals surface area contributed by atoms with Crippen LogP contribution in [0.25, 0.3) is 0 Å². The van der Waals surface area contributed by atoms with Crippen LogP contribution in [0.1, 0.15) is 47.0 Å². The molecule has 1 heterocycles. The summed E-state index contributed by atoms with van der Waals surface area (Å²) in [5, 5.41) is 4.03. The van der Waals surface area contributed by atoms with Crippen molar-refractivity contribution in [1.82, 2.24) is 5.32 Å².